The molecule has 2 aromatic rings. The molecule has 29 heavy (non-hydrogen) atoms. The third kappa shape index (κ3) is 3.44. The number of benzene rings is 2. The summed E-state index contributed by atoms with van der Waals surface area (Å²) in [5.74, 6) is -1.09. The lowest BCUT2D eigenvalue weighted by Gasteiger charge is -2.45. The van der Waals surface area contributed by atoms with Crippen LogP contribution in [0.15, 0.2) is 48.5 Å². The van der Waals surface area contributed by atoms with E-state index in [9.17, 15) is 14.4 Å². The van der Waals surface area contributed by atoms with Crippen LogP contribution in [0.5, 0.6) is 0 Å². The zero-order valence-corrected chi connectivity index (χ0v) is 16.8. The normalized spacial score (nSPS) is 20.7. The van der Waals surface area contributed by atoms with E-state index < -0.39 is 17.4 Å². The predicted molar refractivity (Wildman–Crippen MR) is 107 cm³/mol. The Morgan fingerprint density at radius 1 is 1.03 bits per heavy atom. The van der Waals surface area contributed by atoms with Crippen LogP contribution in [-0.2, 0) is 9.53 Å². The van der Waals surface area contributed by atoms with Crippen LogP contribution >= 0.6 is 0 Å². The molecular weight excluding hydrogens is 368 g/mol. The number of morpholine rings is 1. The van der Waals surface area contributed by atoms with E-state index in [0.29, 0.717) is 24.3 Å². The summed E-state index contributed by atoms with van der Waals surface area (Å²) >= 11 is 0. The molecule has 0 spiro atoms. The first kappa shape index (κ1) is 19.3. The fraction of sp³-hybridized carbons (Fsp3) is 0.348. The SMILES string of the molecule is Cc1ccc(C2CN(C(=O)CN3C(=O)c4ccccc4C3=O)C(C)(C)CO2)cc1. The van der Waals surface area contributed by atoms with Crippen LogP contribution in [0.1, 0.15) is 51.8 Å². The Hall–Kier alpha value is -2.99. The van der Waals surface area contributed by atoms with Gasteiger partial charge in [0.05, 0.1) is 29.8 Å². The number of amides is 3. The first-order valence-electron chi connectivity index (χ1n) is 9.72. The van der Waals surface area contributed by atoms with Crippen molar-refractivity contribution in [1.82, 2.24) is 9.80 Å². The van der Waals surface area contributed by atoms with Crippen molar-refractivity contribution < 1.29 is 19.1 Å². The van der Waals surface area contributed by atoms with Gasteiger partial charge in [0, 0.05) is 0 Å². The van der Waals surface area contributed by atoms with Crippen LogP contribution < -0.4 is 0 Å². The maximum Gasteiger partial charge on any atom is 0.262 e. The molecule has 0 aliphatic carbocycles. The van der Waals surface area contributed by atoms with Crippen molar-refractivity contribution in [2.75, 3.05) is 19.7 Å². The van der Waals surface area contributed by atoms with Crippen molar-refractivity contribution in [3.05, 3.63) is 70.8 Å². The molecule has 2 aliphatic heterocycles. The van der Waals surface area contributed by atoms with E-state index in [1.54, 1.807) is 29.2 Å². The number of carbonyl (C=O) groups is 3. The largest absolute Gasteiger partial charge is 0.369 e. The summed E-state index contributed by atoms with van der Waals surface area (Å²) in [5, 5.41) is 0. The van der Waals surface area contributed by atoms with Gasteiger partial charge in [-0.05, 0) is 38.5 Å². The molecule has 1 saturated heterocycles. The summed E-state index contributed by atoms with van der Waals surface area (Å²) < 4.78 is 6.02. The predicted octanol–water partition coefficient (Wildman–Crippen LogP) is 2.97. The highest BCUT2D eigenvalue weighted by Crippen LogP contribution is 2.31. The maximum absolute atomic E-state index is 13.2. The van der Waals surface area contributed by atoms with Gasteiger partial charge in [0.25, 0.3) is 11.8 Å². The molecule has 6 nitrogen and oxygen atoms in total. The highest BCUT2D eigenvalue weighted by molar-refractivity contribution is 6.22. The number of aryl methyl sites for hydroxylation is 1. The van der Waals surface area contributed by atoms with Crippen molar-refractivity contribution in [2.24, 2.45) is 0 Å². The van der Waals surface area contributed by atoms with Crippen LogP contribution in [0.25, 0.3) is 0 Å². The average Bonchev–Trinajstić information content (AvgIpc) is 2.94. The Kier molecular flexibility index (Phi) is 4.74. The van der Waals surface area contributed by atoms with E-state index in [1.807, 2.05) is 45.0 Å². The van der Waals surface area contributed by atoms with Gasteiger partial charge in [-0.1, -0.05) is 42.0 Å². The monoisotopic (exact) mass is 392 g/mol. The van der Waals surface area contributed by atoms with Crippen molar-refractivity contribution in [2.45, 2.75) is 32.4 Å². The fourth-order valence-corrected chi connectivity index (χ4v) is 3.87. The summed E-state index contributed by atoms with van der Waals surface area (Å²) in [6, 6.07) is 14.7. The van der Waals surface area contributed by atoms with Gasteiger partial charge in [-0.3, -0.25) is 19.3 Å². The van der Waals surface area contributed by atoms with E-state index in [1.165, 1.54) is 0 Å². The number of rotatable bonds is 3. The Balaban J connectivity index is 1.53. The average molecular weight is 392 g/mol. The number of nitrogens with zero attached hydrogens (tertiary/aromatic N) is 2. The number of imide groups is 1. The molecule has 1 unspecified atom stereocenters. The minimum atomic E-state index is -0.531. The number of hydrogen-bond donors (Lipinski definition) is 0. The molecule has 3 amide bonds. The zero-order valence-electron chi connectivity index (χ0n) is 16.8. The molecule has 2 aliphatic rings. The summed E-state index contributed by atoms with van der Waals surface area (Å²) in [7, 11) is 0. The van der Waals surface area contributed by atoms with E-state index in [4.69, 9.17) is 4.74 Å². The van der Waals surface area contributed by atoms with E-state index in [2.05, 4.69) is 0 Å². The lowest BCUT2D eigenvalue weighted by atomic mass is 9.97. The zero-order chi connectivity index (χ0) is 20.8. The van der Waals surface area contributed by atoms with Gasteiger partial charge >= 0.3 is 0 Å². The first-order valence-corrected chi connectivity index (χ1v) is 9.72. The van der Waals surface area contributed by atoms with Crippen LogP contribution in [0.2, 0.25) is 0 Å². The number of carbonyl (C=O) groups excluding carboxylic acids is 3. The summed E-state index contributed by atoms with van der Waals surface area (Å²) in [5.41, 5.74) is 2.33. The lowest BCUT2D eigenvalue weighted by molar-refractivity contribution is -0.155. The van der Waals surface area contributed by atoms with E-state index in [0.717, 1.165) is 16.0 Å². The van der Waals surface area contributed by atoms with E-state index >= 15 is 0 Å². The van der Waals surface area contributed by atoms with Gasteiger partial charge in [-0.15, -0.1) is 0 Å². The van der Waals surface area contributed by atoms with Gasteiger partial charge in [0.2, 0.25) is 5.91 Å². The standard InChI is InChI=1S/C23H24N2O4/c1-15-8-10-16(11-9-15)19-12-25(23(2,3)14-29-19)20(26)13-24-21(27)17-6-4-5-7-18(17)22(24)28/h4-11,19H,12-14H2,1-3H3. The lowest BCUT2D eigenvalue weighted by Crippen LogP contribution is -2.58. The summed E-state index contributed by atoms with van der Waals surface area (Å²) in [6.07, 6.45) is -0.241. The Morgan fingerprint density at radius 3 is 2.21 bits per heavy atom. The summed E-state index contributed by atoms with van der Waals surface area (Å²) in [4.78, 5) is 41.2. The molecule has 4 rings (SSSR count). The third-order valence-corrected chi connectivity index (χ3v) is 5.64. The van der Waals surface area contributed by atoms with Crippen LogP contribution in [-0.4, -0.2) is 52.8 Å². The second kappa shape index (κ2) is 7.12. The molecule has 0 aromatic heterocycles. The molecular formula is C23H24N2O4. The third-order valence-electron chi connectivity index (χ3n) is 5.64. The second-order valence-electron chi connectivity index (χ2n) is 8.27. The van der Waals surface area contributed by atoms with Crippen molar-refractivity contribution in [3.63, 3.8) is 0 Å². The molecule has 0 N–H and O–H groups in total. The van der Waals surface area contributed by atoms with Crippen LogP contribution in [0, 0.1) is 6.92 Å². The number of hydrogen-bond acceptors (Lipinski definition) is 4. The first-order chi connectivity index (χ1) is 13.8. The van der Waals surface area contributed by atoms with Gasteiger partial charge in [-0.25, -0.2) is 0 Å². The molecule has 1 atom stereocenters. The minimum absolute atomic E-state index is 0.241. The number of fused-ring (bicyclic) bond motifs is 1. The smallest absolute Gasteiger partial charge is 0.262 e. The van der Waals surface area contributed by atoms with Crippen LogP contribution in [0.3, 0.4) is 0 Å². The van der Waals surface area contributed by atoms with Gasteiger partial charge < -0.3 is 9.64 Å². The second-order valence-corrected chi connectivity index (χ2v) is 8.27. The van der Waals surface area contributed by atoms with Crippen LogP contribution in [0.4, 0.5) is 0 Å². The highest BCUT2D eigenvalue weighted by Gasteiger charge is 2.42. The van der Waals surface area contributed by atoms with Gasteiger partial charge in [0.15, 0.2) is 0 Å². The van der Waals surface area contributed by atoms with Crippen molar-refractivity contribution >= 4 is 17.7 Å². The quantitative estimate of drug-likeness (QED) is 0.754. The summed E-state index contributed by atoms with van der Waals surface area (Å²) in [6.45, 7) is 6.36. The number of ether oxygens (including phenoxy) is 1. The van der Waals surface area contributed by atoms with Crippen molar-refractivity contribution in [1.29, 1.82) is 0 Å². The van der Waals surface area contributed by atoms with Crippen molar-refractivity contribution in [3.8, 4) is 0 Å². The Labute approximate surface area is 170 Å². The molecule has 0 saturated carbocycles. The molecule has 0 radical (unpaired) electrons. The topological polar surface area (TPSA) is 66.9 Å². The van der Waals surface area contributed by atoms with Gasteiger partial charge in [0.1, 0.15) is 12.6 Å². The molecule has 6 heteroatoms. The molecule has 2 aromatic carbocycles. The molecule has 0 bridgehead atoms. The molecule has 150 valence electrons. The fourth-order valence-electron chi connectivity index (χ4n) is 3.87. The minimum Gasteiger partial charge on any atom is -0.369 e. The highest BCUT2D eigenvalue weighted by atomic mass is 16.5. The maximum atomic E-state index is 13.2. The Bertz CT molecular complexity index is 946. The molecule has 1 fully saturated rings. The van der Waals surface area contributed by atoms with E-state index in [-0.39, 0.29) is 18.6 Å². The Morgan fingerprint density at radius 2 is 1.62 bits per heavy atom. The molecule has 2 heterocycles. The van der Waals surface area contributed by atoms with Gasteiger partial charge in [-0.2, -0.15) is 0 Å².